The molecule has 0 saturated carbocycles. The highest BCUT2D eigenvalue weighted by Gasteiger charge is 2.17. The first-order chi connectivity index (χ1) is 9.13. The van der Waals surface area contributed by atoms with E-state index in [0.29, 0.717) is 12.1 Å². The van der Waals surface area contributed by atoms with Crippen LogP contribution in [0.3, 0.4) is 0 Å². The Hall–Kier alpha value is -2.30. The molecule has 0 saturated heterocycles. The molecule has 0 spiro atoms. The van der Waals surface area contributed by atoms with Gasteiger partial charge in [0.2, 0.25) is 0 Å². The first-order valence-corrected chi connectivity index (χ1v) is 6.20. The SMILES string of the molecule is CCN(CCC(=O)O)C(=O)c1cccc2cc[nH]c12. The number of para-hydroxylation sites is 1. The number of fused-ring (bicyclic) bond motifs is 1. The highest BCUT2D eigenvalue weighted by atomic mass is 16.4. The molecule has 1 heterocycles. The molecule has 5 nitrogen and oxygen atoms in total. The number of carbonyl (C=O) groups is 2. The zero-order valence-corrected chi connectivity index (χ0v) is 10.7. The molecule has 0 bridgehead atoms. The summed E-state index contributed by atoms with van der Waals surface area (Å²) < 4.78 is 0. The van der Waals surface area contributed by atoms with Gasteiger partial charge in [0.15, 0.2) is 0 Å². The highest BCUT2D eigenvalue weighted by molar-refractivity contribution is 6.05. The second kappa shape index (κ2) is 5.56. The monoisotopic (exact) mass is 260 g/mol. The van der Waals surface area contributed by atoms with Gasteiger partial charge in [-0.1, -0.05) is 12.1 Å². The highest BCUT2D eigenvalue weighted by Crippen LogP contribution is 2.18. The topological polar surface area (TPSA) is 73.4 Å². The summed E-state index contributed by atoms with van der Waals surface area (Å²) in [5.74, 6) is -1.04. The Morgan fingerprint density at radius 1 is 1.32 bits per heavy atom. The molecule has 0 unspecified atom stereocenters. The molecule has 0 aliphatic carbocycles. The number of aromatic amines is 1. The largest absolute Gasteiger partial charge is 0.481 e. The van der Waals surface area contributed by atoms with E-state index in [1.165, 1.54) is 0 Å². The van der Waals surface area contributed by atoms with Gasteiger partial charge in [-0.3, -0.25) is 9.59 Å². The van der Waals surface area contributed by atoms with Crippen LogP contribution in [0.25, 0.3) is 10.9 Å². The third kappa shape index (κ3) is 2.76. The van der Waals surface area contributed by atoms with E-state index in [9.17, 15) is 9.59 Å². The molecule has 2 N–H and O–H groups in total. The van der Waals surface area contributed by atoms with E-state index in [1.807, 2.05) is 25.1 Å². The van der Waals surface area contributed by atoms with Crippen molar-refractivity contribution in [2.45, 2.75) is 13.3 Å². The Morgan fingerprint density at radius 2 is 2.11 bits per heavy atom. The van der Waals surface area contributed by atoms with Gasteiger partial charge < -0.3 is 15.0 Å². The number of aliphatic carboxylic acids is 1. The number of aromatic nitrogens is 1. The van der Waals surface area contributed by atoms with Gasteiger partial charge in [-0.05, 0) is 19.1 Å². The fourth-order valence-electron chi connectivity index (χ4n) is 2.07. The van der Waals surface area contributed by atoms with Crippen molar-refractivity contribution < 1.29 is 14.7 Å². The molecular formula is C14H16N2O3. The summed E-state index contributed by atoms with van der Waals surface area (Å²) in [7, 11) is 0. The van der Waals surface area contributed by atoms with Gasteiger partial charge in [-0.15, -0.1) is 0 Å². The first kappa shape index (κ1) is 13.1. The molecule has 1 amide bonds. The van der Waals surface area contributed by atoms with Gasteiger partial charge in [-0.2, -0.15) is 0 Å². The zero-order chi connectivity index (χ0) is 13.8. The molecular weight excluding hydrogens is 244 g/mol. The van der Waals surface area contributed by atoms with Crippen LogP contribution < -0.4 is 0 Å². The predicted molar refractivity (Wildman–Crippen MR) is 72.1 cm³/mol. The zero-order valence-electron chi connectivity index (χ0n) is 10.7. The minimum atomic E-state index is -0.899. The minimum Gasteiger partial charge on any atom is -0.481 e. The Morgan fingerprint density at radius 3 is 2.79 bits per heavy atom. The van der Waals surface area contributed by atoms with Crippen molar-refractivity contribution in [2.75, 3.05) is 13.1 Å². The number of hydrogen-bond donors (Lipinski definition) is 2. The van der Waals surface area contributed by atoms with Crippen LogP contribution >= 0.6 is 0 Å². The number of nitrogens with zero attached hydrogens (tertiary/aromatic N) is 1. The average Bonchev–Trinajstić information content (AvgIpc) is 2.86. The van der Waals surface area contributed by atoms with Crippen LogP contribution in [0.5, 0.6) is 0 Å². The standard InChI is InChI=1S/C14H16N2O3/c1-2-16(9-7-12(17)18)14(19)11-5-3-4-10-6-8-15-13(10)11/h3-6,8,15H,2,7,9H2,1H3,(H,17,18). The van der Waals surface area contributed by atoms with E-state index in [-0.39, 0.29) is 18.9 Å². The van der Waals surface area contributed by atoms with Crippen LogP contribution in [0, 0.1) is 0 Å². The molecule has 0 fully saturated rings. The molecule has 100 valence electrons. The molecule has 1 aromatic heterocycles. The number of nitrogens with one attached hydrogen (secondary N) is 1. The predicted octanol–water partition coefficient (Wildman–Crippen LogP) is 2.10. The number of rotatable bonds is 5. The van der Waals surface area contributed by atoms with Gasteiger partial charge in [0.05, 0.1) is 17.5 Å². The van der Waals surface area contributed by atoms with Gasteiger partial charge in [-0.25, -0.2) is 0 Å². The number of amides is 1. The van der Waals surface area contributed by atoms with E-state index in [1.54, 1.807) is 17.2 Å². The van der Waals surface area contributed by atoms with Crippen molar-refractivity contribution in [3.8, 4) is 0 Å². The lowest BCUT2D eigenvalue weighted by Gasteiger charge is -2.20. The van der Waals surface area contributed by atoms with Crippen molar-refractivity contribution >= 4 is 22.8 Å². The van der Waals surface area contributed by atoms with Crippen LogP contribution in [-0.2, 0) is 4.79 Å². The lowest BCUT2D eigenvalue weighted by molar-refractivity contribution is -0.137. The Kier molecular flexibility index (Phi) is 3.85. The van der Waals surface area contributed by atoms with E-state index in [4.69, 9.17) is 5.11 Å². The molecule has 0 aliphatic rings. The molecule has 19 heavy (non-hydrogen) atoms. The maximum absolute atomic E-state index is 12.4. The van der Waals surface area contributed by atoms with Crippen molar-refractivity contribution in [3.63, 3.8) is 0 Å². The third-order valence-corrected chi connectivity index (χ3v) is 3.08. The molecule has 0 atom stereocenters. The normalized spacial score (nSPS) is 10.6. The molecule has 1 aromatic carbocycles. The van der Waals surface area contributed by atoms with Gasteiger partial charge in [0, 0.05) is 24.7 Å². The lowest BCUT2D eigenvalue weighted by Crippen LogP contribution is -2.33. The molecule has 2 aromatic rings. The summed E-state index contributed by atoms with van der Waals surface area (Å²) in [4.78, 5) is 27.6. The Balaban J connectivity index is 2.26. The fourth-order valence-corrected chi connectivity index (χ4v) is 2.07. The van der Waals surface area contributed by atoms with Crippen LogP contribution in [0.4, 0.5) is 0 Å². The number of carboxylic acid groups (broad SMARTS) is 1. The van der Waals surface area contributed by atoms with Crippen molar-refractivity contribution in [1.29, 1.82) is 0 Å². The van der Waals surface area contributed by atoms with Crippen LogP contribution in [0.15, 0.2) is 30.5 Å². The summed E-state index contributed by atoms with van der Waals surface area (Å²) in [5, 5.41) is 9.68. The summed E-state index contributed by atoms with van der Waals surface area (Å²) in [5.41, 5.74) is 1.37. The van der Waals surface area contributed by atoms with Crippen LogP contribution in [-0.4, -0.2) is 40.0 Å². The maximum Gasteiger partial charge on any atom is 0.305 e. The first-order valence-electron chi connectivity index (χ1n) is 6.20. The fraction of sp³-hybridized carbons (Fsp3) is 0.286. The van der Waals surface area contributed by atoms with Gasteiger partial charge >= 0.3 is 5.97 Å². The van der Waals surface area contributed by atoms with Gasteiger partial charge in [0.25, 0.3) is 5.91 Å². The molecule has 0 radical (unpaired) electrons. The van der Waals surface area contributed by atoms with E-state index in [2.05, 4.69) is 4.98 Å². The summed E-state index contributed by atoms with van der Waals surface area (Å²) >= 11 is 0. The number of carbonyl (C=O) groups excluding carboxylic acids is 1. The lowest BCUT2D eigenvalue weighted by atomic mass is 10.1. The smallest absolute Gasteiger partial charge is 0.305 e. The number of carboxylic acids is 1. The maximum atomic E-state index is 12.4. The summed E-state index contributed by atoms with van der Waals surface area (Å²) in [6.45, 7) is 2.56. The summed E-state index contributed by atoms with van der Waals surface area (Å²) in [6, 6.07) is 7.41. The molecule has 2 rings (SSSR count). The third-order valence-electron chi connectivity index (χ3n) is 3.08. The molecule has 0 aliphatic heterocycles. The Labute approximate surface area is 110 Å². The van der Waals surface area contributed by atoms with E-state index >= 15 is 0 Å². The Bertz CT molecular complexity index is 604. The van der Waals surface area contributed by atoms with Crippen LogP contribution in [0.2, 0.25) is 0 Å². The average molecular weight is 260 g/mol. The second-order valence-electron chi connectivity index (χ2n) is 4.28. The van der Waals surface area contributed by atoms with Crippen molar-refractivity contribution in [2.24, 2.45) is 0 Å². The van der Waals surface area contributed by atoms with E-state index in [0.717, 1.165) is 10.9 Å². The summed E-state index contributed by atoms with van der Waals surface area (Å²) in [6.07, 6.45) is 1.75. The van der Waals surface area contributed by atoms with E-state index < -0.39 is 5.97 Å². The van der Waals surface area contributed by atoms with Crippen molar-refractivity contribution in [3.05, 3.63) is 36.0 Å². The minimum absolute atomic E-state index is 0.0414. The van der Waals surface area contributed by atoms with Crippen LogP contribution in [0.1, 0.15) is 23.7 Å². The molecule has 5 heteroatoms. The second-order valence-corrected chi connectivity index (χ2v) is 4.28. The number of H-pyrrole nitrogens is 1. The number of hydrogen-bond acceptors (Lipinski definition) is 2. The quantitative estimate of drug-likeness (QED) is 0.864. The number of benzene rings is 1. The van der Waals surface area contributed by atoms with Gasteiger partial charge in [0.1, 0.15) is 0 Å². The van der Waals surface area contributed by atoms with Crippen molar-refractivity contribution in [1.82, 2.24) is 9.88 Å².